The number of benzene rings is 3. The molecule has 182 valence electrons. The predicted octanol–water partition coefficient (Wildman–Crippen LogP) is 5.35. The van der Waals surface area contributed by atoms with Gasteiger partial charge in [0.15, 0.2) is 0 Å². The highest BCUT2D eigenvalue weighted by molar-refractivity contribution is 6.01. The van der Waals surface area contributed by atoms with E-state index in [1.165, 1.54) is 6.07 Å². The Morgan fingerprint density at radius 1 is 0.914 bits per heavy atom. The van der Waals surface area contributed by atoms with Crippen molar-refractivity contribution in [3.05, 3.63) is 83.4 Å². The Kier molecular flexibility index (Phi) is 7.67. The van der Waals surface area contributed by atoms with E-state index in [0.717, 1.165) is 36.8 Å². The highest BCUT2D eigenvalue weighted by Gasteiger charge is 2.24. The fourth-order valence-electron chi connectivity index (χ4n) is 4.11. The molecule has 2 atom stereocenters. The Morgan fingerprint density at radius 2 is 1.54 bits per heavy atom. The van der Waals surface area contributed by atoms with Gasteiger partial charge in [-0.3, -0.25) is 4.79 Å². The molecule has 7 heteroatoms. The Balaban J connectivity index is 1.31. The third kappa shape index (κ3) is 6.61. The van der Waals surface area contributed by atoms with Crippen molar-refractivity contribution in [1.82, 2.24) is 0 Å². The molecular formula is C28H29NO6. The first-order chi connectivity index (χ1) is 16.9. The number of aryl methyl sites for hydroxylation is 1. The van der Waals surface area contributed by atoms with Crippen LogP contribution in [0.4, 0.5) is 5.69 Å². The van der Waals surface area contributed by atoms with Crippen molar-refractivity contribution in [3.8, 4) is 17.2 Å². The quantitative estimate of drug-likeness (QED) is 0.406. The maximum atomic E-state index is 12.4. The fourth-order valence-corrected chi connectivity index (χ4v) is 4.11. The van der Waals surface area contributed by atoms with Gasteiger partial charge in [0.25, 0.3) is 0 Å². The molecule has 3 aromatic rings. The van der Waals surface area contributed by atoms with Gasteiger partial charge in [0, 0.05) is 0 Å². The number of amides is 1. The van der Waals surface area contributed by atoms with E-state index in [2.05, 4.69) is 5.32 Å². The first kappa shape index (κ1) is 24.3. The van der Waals surface area contributed by atoms with Crippen LogP contribution in [-0.4, -0.2) is 34.3 Å². The van der Waals surface area contributed by atoms with Gasteiger partial charge in [-0.2, -0.15) is 0 Å². The Morgan fingerprint density at radius 3 is 2.20 bits per heavy atom. The normalized spacial score (nSPS) is 17.4. The number of aliphatic hydroxyl groups excluding tert-OH is 1. The summed E-state index contributed by atoms with van der Waals surface area (Å²) >= 11 is 0. The van der Waals surface area contributed by atoms with Crippen LogP contribution in [0.15, 0.2) is 66.7 Å². The summed E-state index contributed by atoms with van der Waals surface area (Å²) < 4.78 is 11.8. The SMILES string of the molecule is Cc1ccc(NC(=O)Cc2ccc(Oc3ccc(O[C@@H]4CCCC[C@H]4O)cc3)cc2)c(C(=O)O)c1. The van der Waals surface area contributed by atoms with Crippen molar-refractivity contribution in [2.45, 2.75) is 51.2 Å². The molecule has 0 saturated heterocycles. The third-order valence-corrected chi connectivity index (χ3v) is 5.98. The standard InChI is InChI=1S/C28H29NO6/c1-18-6-15-24(23(16-18)28(32)33)29-27(31)17-19-7-9-20(10-8-19)34-21-11-13-22(14-12-21)35-26-5-3-2-4-25(26)30/h6-16,25-26,30H,2-5,17H2,1H3,(H,29,31)(H,32,33)/t25-,26-/m1/s1. The lowest BCUT2D eigenvalue weighted by atomic mass is 9.95. The lowest BCUT2D eigenvalue weighted by Crippen LogP contribution is -2.34. The summed E-state index contributed by atoms with van der Waals surface area (Å²) in [5, 5.41) is 22.1. The first-order valence-electron chi connectivity index (χ1n) is 11.7. The maximum absolute atomic E-state index is 12.4. The number of carbonyl (C=O) groups excluding carboxylic acids is 1. The van der Waals surface area contributed by atoms with Gasteiger partial charge >= 0.3 is 5.97 Å². The molecule has 3 aromatic carbocycles. The second-order valence-electron chi connectivity index (χ2n) is 8.80. The van der Waals surface area contributed by atoms with Crippen LogP contribution in [-0.2, 0) is 11.2 Å². The minimum atomic E-state index is -1.09. The number of ether oxygens (including phenoxy) is 2. The van der Waals surface area contributed by atoms with Crippen LogP contribution < -0.4 is 14.8 Å². The van der Waals surface area contributed by atoms with E-state index >= 15 is 0 Å². The third-order valence-electron chi connectivity index (χ3n) is 5.98. The van der Waals surface area contributed by atoms with Gasteiger partial charge in [-0.05, 0) is 80.3 Å². The van der Waals surface area contributed by atoms with E-state index in [1.807, 2.05) is 24.3 Å². The van der Waals surface area contributed by atoms with E-state index in [0.29, 0.717) is 17.2 Å². The summed E-state index contributed by atoms with van der Waals surface area (Å²) in [5.74, 6) is 0.578. The van der Waals surface area contributed by atoms with Crippen molar-refractivity contribution in [2.75, 3.05) is 5.32 Å². The topological polar surface area (TPSA) is 105 Å². The molecule has 1 fully saturated rings. The molecule has 1 aliphatic rings. The van der Waals surface area contributed by atoms with Crippen LogP contribution in [0.5, 0.6) is 17.2 Å². The second-order valence-corrected chi connectivity index (χ2v) is 8.80. The molecule has 0 heterocycles. The molecule has 35 heavy (non-hydrogen) atoms. The number of hydrogen-bond donors (Lipinski definition) is 3. The molecule has 3 N–H and O–H groups in total. The molecule has 0 spiro atoms. The zero-order chi connectivity index (χ0) is 24.8. The van der Waals surface area contributed by atoms with Gasteiger partial charge in [0.05, 0.1) is 23.8 Å². The number of carboxylic acid groups (broad SMARTS) is 1. The molecule has 7 nitrogen and oxygen atoms in total. The van der Waals surface area contributed by atoms with Gasteiger partial charge < -0.3 is 25.0 Å². The molecule has 4 rings (SSSR count). The highest BCUT2D eigenvalue weighted by atomic mass is 16.5. The summed E-state index contributed by atoms with van der Waals surface area (Å²) in [7, 11) is 0. The van der Waals surface area contributed by atoms with E-state index in [9.17, 15) is 19.8 Å². The monoisotopic (exact) mass is 475 g/mol. The molecule has 1 aliphatic carbocycles. The molecule has 0 bridgehead atoms. The first-order valence-corrected chi connectivity index (χ1v) is 11.7. The lowest BCUT2D eigenvalue weighted by molar-refractivity contribution is -0.115. The number of carboxylic acids is 1. The number of nitrogens with one attached hydrogen (secondary N) is 1. The minimum Gasteiger partial charge on any atom is -0.488 e. The van der Waals surface area contributed by atoms with Gasteiger partial charge in [0.2, 0.25) is 5.91 Å². The van der Waals surface area contributed by atoms with Crippen molar-refractivity contribution in [2.24, 2.45) is 0 Å². The average molecular weight is 476 g/mol. The Bertz CT molecular complexity index is 1170. The van der Waals surface area contributed by atoms with Gasteiger partial charge in [-0.1, -0.05) is 30.2 Å². The van der Waals surface area contributed by atoms with Gasteiger partial charge in [-0.25, -0.2) is 4.79 Å². The second kappa shape index (κ2) is 11.1. The van der Waals surface area contributed by atoms with Crippen molar-refractivity contribution in [1.29, 1.82) is 0 Å². The summed E-state index contributed by atoms with van der Waals surface area (Å²) in [6.45, 7) is 1.80. The van der Waals surface area contributed by atoms with Crippen molar-refractivity contribution >= 4 is 17.6 Å². The largest absolute Gasteiger partial charge is 0.488 e. The molecule has 0 aromatic heterocycles. The lowest BCUT2D eigenvalue weighted by Gasteiger charge is -2.28. The zero-order valence-corrected chi connectivity index (χ0v) is 19.6. The van der Waals surface area contributed by atoms with Crippen molar-refractivity contribution < 1.29 is 29.3 Å². The molecular weight excluding hydrogens is 446 g/mol. The number of rotatable bonds is 8. The van der Waals surface area contributed by atoms with E-state index in [1.54, 1.807) is 43.3 Å². The summed E-state index contributed by atoms with van der Waals surface area (Å²) in [6, 6.07) is 19.3. The Labute approximate surface area is 204 Å². The molecule has 1 amide bonds. The van der Waals surface area contributed by atoms with Crippen LogP contribution in [0.25, 0.3) is 0 Å². The van der Waals surface area contributed by atoms with Crippen LogP contribution >= 0.6 is 0 Å². The molecule has 0 radical (unpaired) electrons. The number of aliphatic hydroxyl groups is 1. The average Bonchev–Trinajstić information content (AvgIpc) is 2.84. The maximum Gasteiger partial charge on any atom is 0.337 e. The molecule has 0 aliphatic heterocycles. The molecule has 1 saturated carbocycles. The number of carbonyl (C=O) groups is 2. The number of anilines is 1. The smallest absolute Gasteiger partial charge is 0.337 e. The summed E-state index contributed by atoms with van der Waals surface area (Å²) in [6.07, 6.45) is 3.25. The number of hydrogen-bond acceptors (Lipinski definition) is 5. The van der Waals surface area contributed by atoms with Gasteiger partial charge in [0.1, 0.15) is 23.4 Å². The van der Waals surface area contributed by atoms with Crippen LogP contribution in [0.2, 0.25) is 0 Å². The van der Waals surface area contributed by atoms with E-state index in [-0.39, 0.29) is 29.7 Å². The summed E-state index contributed by atoms with van der Waals surface area (Å²) in [4.78, 5) is 23.9. The minimum absolute atomic E-state index is 0.0634. The van der Waals surface area contributed by atoms with Crippen molar-refractivity contribution in [3.63, 3.8) is 0 Å². The van der Waals surface area contributed by atoms with Crippen LogP contribution in [0.3, 0.4) is 0 Å². The highest BCUT2D eigenvalue weighted by Crippen LogP contribution is 2.28. The van der Waals surface area contributed by atoms with E-state index in [4.69, 9.17) is 9.47 Å². The van der Waals surface area contributed by atoms with Crippen LogP contribution in [0.1, 0.15) is 47.2 Å². The predicted molar refractivity (Wildman–Crippen MR) is 132 cm³/mol. The fraction of sp³-hybridized carbons (Fsp3) is 0.286. The van der Waals surface area contributed by atoms with E-state index < -0.39 is 12.1 Å². The zero-order valence-electron chi connectivity index (χ0n) is 19.6. The van der Waals surface area contributed by atoms with Gasteiger partial charge in [-0.15, -0.1) is 0 Å². The summed E-state index contributed by atoms with van der Waals surface area (Å²) in [5.41, 5.74) is 1.92. The molecule has 0 unspecified atom stereocenters. The van der Waals surface area contributed by atoms with Crippen LogP contribution in [0, 0.1) is 6.92 Å². The Hall–Kier alpha value is -3.84. The number of aromatic carboxylic acids is 1.